The number of hydrogen-bond donors (Lipinski definition) is 1. The van der Waals surface area contributed by atoms with Crippen molar-refractivity contribution in [3.63, 3.8) is 0 Å². The molecule has 1 amide bonds. The van der Waals surface area contributed by atoms with Crippen LogP contribution in [0.25, 0.3) is 10.9 Å². The highest BCUT2D eigenvalue weighted by atomic mass is 35.5. The SMILES string of the molecule is COC(=O)C(CC(C)C)NC(=O)c1nn(Cc2ccc(Cl)cc2Cl)c2ccccc12. The number of para-hydroxylation sites is 1. The predicted octanol–water partition coefficient (Wildman–Crippen LogP) is 4.71. The third kappa shape index (κ3) is 4.94. The van der Waals surface area contributed by atoms with E-state index in [4.69, 9.17) is 27.9 Å². The summed E-state index contributed by atoms with van der Waals surface area (Å²) in [6, 6.07) is 11.9. The molecule has 1 aromatic heterocycles. The average Bonchev–Trinajstić information content (AvgIpc) is 3.07. The van der Waals surface area contributed by atoms with E-state index in [1.165, 1.54) is 7.11 Å². The molecule has 158 valence electrons. The fraction of sp³-hybridized carbons (Fsp3) is 0.318. The Hall–Kier alpha value is -2.57. The maximum Gasteiger partial charge on any atom is 0.328 e. The van der Waals surface area contributed by atoms with Gasteiger partial charge in [0.25, 0.3) is 5.91 Å². The van der Waals surface area contributed by atoms with Crippen molar-refractivity contribution in [3.05, 3.63) is 63.8 Å². The average molecular weight is 448 g/mol. The summed E-state index contributed by atoms with van der Waals surface area (Å²) in [7, 11) is 1.31. The molecule has 1 heterocycles. The van der Waals surface area contributed by atoms with E-state index in [-0.39, 0.29) is 11.6 Å². The number of ether oxygens (including phenoxy) is 1. The second-order valence-corrected chi connectivity index (χ2v) is 8.28. The van der Waals surface area contributed by atoms with Gasteiger partial charge < -0.3 is 10.1 Å². The molecule has 0 fully saturated rings. The van der Waals surface area contributed by atoms with E-state index in [1.54, 1.807) is 16.8 Å². The molecule has 3 rings (SSSR count). The fourth-order valence-electron chi connectivity index (χ4n) is 3.28. The van der Waals surface area contributed by atoms with Crippen LogP contribution in [-0.4, -0.2) is 34.8 Å². The number of fused-ring (bicyclic) bond motifs is 1. The van der Waals surface area contributed by atoms with Crippen LogP contribution in [0.4, 0.5) is 0 Å². The number of benzene rings is 2. The van der Waals surface area contributed by atoms with Crippen molar-refractivity contribution in [2.75, 3.05) is 7.11 Å². The van der Waals surface area contributed by atoms with Crippen molar-refractivity contribution in [3.8, 4) is 0 Å². The minimum Gasteiger partial charge on any atom is -0.467 e. The van der Waals surface area contributed by atoms with E-state index in [9.17, 15) is 9.59 Å². The Balaban J connectivity index is 1.94. The Kier molecular flexibility index (Phi) is 7.00. The Bertz CT molecular complexity index is 1080. The maximum atomic E-state index is 13.0. The molecular weight excluding hydrogens is 425 g/mol. The monoisotopic (exact) mass is 447 g/mol. The van der Waals surface area contributed by atoms with E-state index in [0.717, 1.165) is 11.1 Å². The van der Waals surface area contributed by atoms with Crippen molar-refractivity contribution in [2.45, 2.75) is 32.9 Å². The van der Waals surface area contributed by atoms with Gasteiger partial charge in [-0.05, 0) is 36.1 Å². The van der Waals surface area contributed by atoms with Gasteiger partial charge in [-0.25, -0.2) is 4.79 Å². The Morgan fingerprint density at radius 1 is 1.17 bits per heavy atom. The summed E-state index contributed by atoms with van der Waals surface area (Å²) in [5.74, 6) is -0.701. The molecular formula is C22H23Cl2N3O3. The summed E-state index contributed by atoms with van der Waals surface area (Å²) >= 11 is 12.3. The van der Waals surface area contributed by atoms with Gasteiger partial charge in [0.05, 0.1) is 19.2 Å². The van der Waals surface area contributed by atoms with Crippen molar-refractivity contribution >= 4 is 46.0 Å². The number of rotatable bonds is 7. The smallest absolute Gasteiger partial charge is 0.328 e. The topological polar surface area (TPSA) is 73.2 Å². The van der Waals surface area contributed by atoms with E-state index < -0.39 is 17.9 Å². The van der Waals surface area contributed by atoms with E-state index in [1.807, 2.05) is 44.2 Å². The summed E-state index contributed by atoms with van der Waals surface area (Å²) in [6.45, 7) is 4.32. The van der Waals surface area contributed by atoms with Crippen LogP contribution < -0.4 is 5.32 Å². The van der Waals surface area contributed by atoms with Crippen LogP contribution >= 0.6 is 23.2 Å². The minimum atomic E-state index is -0.739. The number of nitrogens with one attached hydrogen (secondary N) is 1. The molecule has 0 saturated carbocycles. The Labute approximate surface area is 185 Å². The summed E-state index contributed by atoms with van der Waals surface area (Å²) in [5, 5.41) is 9.06. The van der Waals surface area contributed by atoms with Gasteiger partial charge in [-0.15, -0.1) is 0 Å². The number of hydrogen-bond acceptors (Lipinski definition) is 4. The third-order valence-corrected chi connectivity index (χ3v) is 5.29. The number of aromatic nitrogens is 2. The van der Waals surface area contributed by atoms with Crippen LogP contribution in [0.1, 0.15) is 36.3 Å². The molecule has 1 N–H and O–H groups in total. The molecule has 2 aromatic carbocycles. The van der Waals surface area contributed by atoms with Gasteiger partial charge in [0.2, 0.25) is 0 Å². The molecule has 0 aliphatic rings. The summed E-state index contributed by atoms with van der Waals surface area (Å²) < 4.78 is 6.56. The van der Waals surface area contributed by atoms with Gasteiger partial charge in [-0.3, -0.25) is 9.48 Å². The Morgan fingerprint density at radius 3 is 2.57 bits per heavy atom. The molecule has 0 aliphatic heterocycles. The lowest BCUT2D eigenvalue weighted by molar-refractivity contribution is -0.143. The van der Waals surface area contributed by atoms with Crippen LogP contribution in [0.15, 0.2) is 42.5 Å². The zero-order valence-corrected chi connectivity index (χ0v) is 18.5. The molecule has 0 saturated heterocycles. The van der Waals surface area contributed by atoms with Crippen molar-refractivity contribution in [1.82, 2.24) is 15.1 Å². The quantitative estimate of drug-likeness (QED) is 0.532. The molecule has 30 heavy (non-hydrogen) atoms. The summed E-state index contributed by atoms with van der Waals surface area (Å²) in [4.78, 5) is 25.1. The van der Waals surface area contributed by atoms with Gasteiger partial charge in [-0.1, -0.05) is 61.3 Å². The summed E-state index contributed by atoms with van der Waals surface area (Å²) in [5.41, 5.74) is 1.86. The predicted molar refractivity (Wildman–Crippen MR) is 118 cm³/mol. The third-order valence-electron chi connectivity index (χ3n) is 4.71. The van der Waals surface area contributed by atoms with E-state index >= 15 is 0 Å². The lowest BCUT2D eigenvalue weighted by atomic mass is 10.0. The molecule has 0 bridgehead atoms. The lowest BCUT2D eigenvalue weighted by Gasteiger charge is -2.17. The largest absolute Gasteiger partial charge is 0.467 e. The van der Waals surface area contributed by atoms with Gasteiger partial charge in [0.15, 0.2) is 5.69 Å². The molecule has 3 aromatic rings. The van der Waals surface area contributed by atoms with Crippen LogP contribution in [-0.2, 0) is 16.1 Å². The number of halogens is 2. The van der Waals surface area contributed by atoms with Crippen LogP contribution in [0.5, 0.6) is 0 Å². The Morgan fingerprint density at radius 2 is 1.90 bits per heavy atom. The first kappa shape index (κ1) is 22.1. The van der Waals surface area contributed by atoms with Crippen LogP contribution in [0.2, 0.25) is 10.0 Å². The standard InChI is InChI=1S/C22H23Cl2N3O3/c1-13(2)10-18(22(29)30-3)25-21(28)20-16-6-4-5-7-19(16)27(26-20)12-14-8-9-15(23)11-17(14)24/h4-9,11,13,18H,10,12H2,1-3H3,(H,25,28). The second kappa shape index (κ2) is 9.49. The number of methoxy groups -OCH3 is 1. The molecule has 0 radical (unpaired) electrons. The molecule has 1 unspecified atom stereocenters. The van der Waals surface area contributed by atoms with Gasteiger partial charge >= 0.3 is 5.97 Å². The lowest BCUT2D eigenvalue weighted by Crippen LogP contribution is -2.42. The number of carbonyl (C=O) groups excluding carboxylic acids is 2. The van der Waals surface area contributed by atoms with Crippen molar-refractivity contribution < 1.29 is 14.3 Å². The highest BCUT2D eigenvalue weighted by molar-refractivity contribution is 6.35. The fourth-order valence-corrected chi connectivity index (χ4v) is 3.75. The van der Waals surface area contributed by atoms with Gasteiger partial charge in [0.1, 0.15) is 6.04 Å². The van der Waals surface area contributed by atoms with Gasteiger partial charge in [0, 0.05) is 15.4 Å². The molecule has 0 aliphatic carbocycles. The van der Waals surface area contributed by atoms with Crippen molar-refractivity contribution in [1.29, 1.82) is 0 Å². The molecule has 1 atom stereocenters. The van der Waals surface area contributed by atoms with E-state index in [2.05, 4.69) is 10.4 Å². The zero-order valence-electron chi connectivity index (χ0n) is 17.0. The first-order valence-electron chi connectivity index (χ1n) is 9.58. The van der Waals surface area contributed by atoms with Crippen LogP contribution in [0.3, 0.4) is 0 Å². The number of carbonyl (C=O) groups is 2. The molecule has 6 nitrogen and oxygen atoms in total. The highest BCUT2D eigenvalue weighted by Crippen LogP contribution is 2.25. The van der Waals surface area contributed by atoms with E-state index in [0.29, 0.717) is 28.4 Å². The minimum absolute atomic E-state index is 0.204. The second-order valence-electron chi connectivity index (χ2n) is 7.44. The number of esters is 1. The zero-order chi connectivity index (χ0) is 21.8. The first-order valence-corrected chi connectivity index (χ1v) is 10.3. The van der Waals surface area contributed by atoms with Crippen molar-refractivity contribution in [2.24, 2.45) is 5.92 Å². The number of amides is 1. The molecule has 0 spiro atoms. The van der Waals surface area contributed by atoms with Gasteiger partial charge in [-0.2, -0.15) is 5.10 Å². The number of nitrogens with zero attached hydrogens (tertiary/aromatic N) is 2. The molecule has 8 heteroatoms. The normalized spacial score (nSPS) is 12.2. The maximum absolute atomic E-state index is 13.0. The highest BCUT2D eigenvalue weighted by Gasteiger charge is 2.26. The summed E-state index contributed by atoms with van der Waals surface area (Å²) in [6.07, 6.45) is 0.470. The van der Waals surface area contributed by atoms with Crippen LogP contribution in [0, 0.1) is 5.92 Å². The first-order chi connectivity index (χ1) is 14.3.